The SMILES string of the molecule is C/C(=N\NC(N)=O)C1=CC[C@@]2(C)[C@@H](CC[C@@H]3C4=C(CC[C@H]32)C(C)(C)CC4)C1. The number of hydrogen-bond acceptors (Lipinski definition) is 2. The molecule has 0 unspecified atom stereocenters. The third-order valence-corrected chi connectivity index (χ3v) is 8.52. The van der Waals surface area contributed by atoms with Crippen molar-refractivity contribution in [1.29, 1.82) is 0 Å². The van der Waals surface area contributed by atoms with Gasteiger partial charge in [0.05, 0.1) is 5.71 Å². The van der Waals surface area contributed by atoms with E-state index in [-0.39, 0.29) is 0 Å². The third kappa shape index (κ3) is 3.05. The van der Waals surface area contributed by atoms with E-state index in [9.17, 15) is 4.79 Å². The molecule has 0 aromatic carbocycles. The van der Waals surface area contributed by atoms with Crippen molar-refractivity contribution in [2.75, 3.05) is 0 Å². The molecule has 148 valence electrons. The Labute approximate surface area is 163 Å². The summed E-state index contributed by atoms with van der Waals surface area (Å²) in [5.74, 6) is 2.40. The predicted octanol–water partition coefficient (Wildman–Crippen LogP) is 5.31. The number of urea groups is 1. The van der Waals surface area contributed by atoms with Gasteiger partial charge in [-0.15, -0.1) is 0 Å². The molecular weight excluding hydrogens is 334 g/mol. The second-order valence-electron chi connectivity index (χ2n) is 10.2. The molecule has 1 fully saturated rings. The van der Waals surface area contributed by atoms with Gasteiger partial charge in [0, 0.05) is 0 Å². The van der Waals surface area contributed by atoms with Crippen LogP contribution < -0.4 is 11.2 Å². The highest BCUT2D eigenvalue weighted by atomic mass is 16.2. The number of allylic oxidation sites excluding steroid dienone is 4. The largest absolute Gasteiger partial charge is 0.350 e. The molecule has 3 N–H and O–H groups in total. The standard InChI is InChI=1S/C23H35N3O/c1-14(25-26-21(24)27)15-9-12-23(4)16(13-15)5-6-17-18-10-11-22(2,3)19(18)7-8-20(17)23/h9,16-17,20H,5-8,10-13H2,1-4H3,(H3,24,26,27)/b25-14+/t16-,17+,20+,23-/m0/s1. The maximum Gasteiger partial charge on any atom is 0.332 e. The predicted molar refractivity (Wildman–Crippen MR) is 110 cm³/mol. The highest BCUT2D eigenvalue weighted by Gasteiger charge is 2.53. The number of hydrogen-bond donors (Lipinski definition) is 2. The maximum absolute atomic E-state index is 10.9. The molecule has 0 radical (unpaired) electrons. The molecule has 0 saturated heterocycles. The van der Waals surface area contributed by atoms with Crippen LogP contribution in [0.4, 0.5) is 4.79 Å². The zero-order valence-corrected chi connectivity index (χ0v) is 17.4. The second kappa shape index (κ2) is 6.49. The Morgan fingerprint density at radius 1 is 1.22 bits per heavy atom. The lowest BCUT2D eigenvalue weighted by atomic mass is 9.49. The molecule has 1 saturated carbocycles. The van der Waals surface area contributed by atoms with Crippen molar-refractivity contribution in [1.82, 2.24) is 5.43 Å². The average Bonchev–Trinajstić information content (AvgIpc) is 2.94. The first-order valence-electron chi connectivity index (χ1n) is 10.7. The number of nitrogens with zero attached hydrogens (tertiary/aromatic N) is 1. The van der Waals surface area contributed by atoms with Crippen molar-refractivity contribution in [2.45, 2.75) is 79.1 Å². The van der Waals surface area contributed by atoms with Gasteiger partial charge in [0.15, 0.2) is 0 Å². The van der Waals surface area contributed by atoms with Gasteiger partial charge in [0.1, 0.15) is 0 Å². The molecule has 0 heterocycles. The van der Waals surface area contributed by atoms with Gasteiger partial charge in [-0.3, -0.25) is 0 Å². The van der Waals surface area contributed by atoms with Gasteiger partial charge < -0.3 is 5.73 Å². The molecule has 0 aliphatic heterocycles. The van der Waals surface area contributed by atoms with E-state index in [1.54, 1.807) is 0 Å². The Hall–Kier alpha value is -1.58. The van der Waals surface area contributed by atoms with E-state index in [0.717, 1.165) is 36.3 Å². The highest BCUT2D eigenvalue weighted by molar-refractivity contribution is 5.98. The van der Waals surface area contributed by atoms with Gasteiger partial charge in [-0.25, -0.2) is 10.2 Å². The van der Waals surface area contributed by atoms with Gasteiger partial charge >= 0.3 is 6.03 Å². The highest BCUT2D eigenvalue weighted by Crippen LogP contribution is 2.63. The summed E-state index contributed by atoms with van der Waals surface area (Å²) in [6.07, 6.45) is 12.7. The van der Waals surface area contributed by atoms with Gasteiger partial charge in [-0.1, -0.05) is 38.0 Å². The normalized spacial score (nSPS) is 37.9. The van der Waals surface area contributed by atoms with Crippen LogP contribution in [0.25, 0.3) is 0 Å². The summed E-state index contributed by atoms with van der Waals surface area (Å²) in [5, 5.41) is 4.17. The van der Waals surface area contributed by atoms with Gasteiger partial charge in [0.2, 0.25) is 0 Å². The second-order valence-corrected chi connectivity index (χ2v) is 10.2. The van der Waals surface area contributed by atoms with Crippen LogP contribution in [0.5, 0.6) is 0 Å². The molecule has 4 atom stereocenters. The summed E-state index contributed by atoms with van der Waals surface area (Å²) in [7, 11) is 0. The number of nitrogens with one attached hydrogen (secondary N) is 1. The Morgan fingerprint density at radius 2 is 2.00 bits per heavy atom. The molecule has 4 heteroatoms. The van der Waals surface area contributed by atoms with E-state index in [2.05, 4.69) is 37.4 Å². The van der Waals surface area contributed by atoms with E-state index in [1.807, 2.05) is 18.1 Å². The summed E-state index contributed by atoms with van der Waals surface area (Å²) < 4.78 is 0. The molecule has 4 rings (SSSR count). The summed E-state index contributed by atoms with van der Waals surface area (Å²) in [6.45, 7) is 9.46. The minimum Gasteiger partial charge on any atom is -0.350 e. The lowest BCUT2D eigenvalue weighted by Gasteiger charge is -2.55. The van der Waals surface area contributed by atoms with Crippen LogP contribution in [-0.2, 0) is 0 Å². The number of nitrogens with two attached hydrogens (primary N) is 1. The van der Waals surface area contributed by atoms with Crippen LogP contribution >= 0.6 is 0 Å². The first-order chi connectivity index (χ1) is 12.7. The maximum atomic E-state index is 10.9. The molecule has 0 bridgehead atoms. The lowest BCUT2D eigenvalue weighted by molar-refractivity contribution is -0.00481. The van der Waals surface area contributed by atoms with Crippen molar-refractivity contribution < 1.29 is 4.79 Å². The number of fused-ring (bicyclic) bond motifs is 4. The monoisotopic (exact) mass is 369 g/mol. The molecule has 27 heavy (non-hydrogen) atoms. The zero-order valence-electron chi connectivity index (χ0n) is 17.4. The van der Waals surface area contributed by atoms with Crippen LogP contribution in [0.15, 0.2) is 27.9 Å². The van der Waals surface area contributed by atoms with Crippen LogP contribution in [0.3, 0.4) is 0 Å². The van der Waals surface area contributed by atoms with Crippen LogP contribution in [-0.4, -0.2) is 11.7 Å². The number of carbonyl (C=O) groups excluding carboxylic acids is 1. The summed E-state index contributed by atoms with van der Waals surface area (Å²) in [6, 6.07) is -0.595. The van der Waals surface area contributed by atoms with Crippen LogP contribution in [0, 0.1) is 28.6 Å². The van der Waals surface area contributed by atoms with Gasteiger partial charge in [-0.05, 0) is 92.4 Å². The number of rotatable bonds is 2. The van der Waals surface area contributed by atoms with Crippen LogP contribution in [0.1, 0.15) is 79.1 Å². The average molecular weight is 370 g/mol. The van der Waals surface area contributed by atoms with Gasteiger partial charge in [-0.2, -0.15) is 5.10 Å². The summed E-state index contributed by atoms with van der Waals surface area (Å²) >= 11 is 0. The van der Waals surface area contributed by atoms with Crippen molar-refractivity contribution in [3.8, 4) is 0 Å². The number of amides is 2. The van der Waals surface area contributed by atoms with Crippen LogP contribution in [0.2, 0.25) is 0 Å². The Kier molecular flexibility index (Phi) is 4.51. The quantitative estimate of drug-likeness (QED) is 0.386. The topological polar surface area (TPSA) is 67.5 Å². The number of carbonyl (C=O) groups is 1. The molecule has 0 aromatic rings. The van der Waals surface area contributed by atoms with E-state index in [0.29, 0.717) is 10.8 Å². The smallest absolute Gasteiger partial charge is 0.332 e. The molecule has 0 spiro atoms. The lowest BCUT2D eigenvalue weighted by Crippen LogP contribution is -2.47. The Bertz CT molecular complexity index is 745. The minimum atomic E-state index is -0.595. The Morgan fingerprint density at radius 3 is 2.74 bits per heavy atom. The summed E-state index contributed by atoms with van der Waals surface area (Å²) in [4.78, 5) is 10.9. The Balaban J connectivity index is 1.57. The van der Waals surface area contributed by atoms with E-state index in [1.165, 1.54) is 44.1 Å². The molecular formula is C23H35N3O. The number of hydrazone groups is 1. The minimum absolute atomic E-state index is 0.412. The molecule has 4 aliphatic carbocycles. The molecule has 2 amide bonds. The first kappa shape index (κ1) is 18.8. The fraction of sp³-hybridized carbons (Fsp3) is 0.739. The molecule has 0 aromatic heterocycles. The zero-order chi connectivity index (χ0) is 19.4. The van der Waals surface area contributed by atoms with E-state index in [4.69, 9.17) is 5.73 Å². The third-order valence-electron chi connectivity index (χ3n) is 8.52. The van der Waals surface area contributed by atoms with Crippen molar-refractivity contribution in [3.63, 3.8) is 0 Å². The van der Waals surface area contributed by atoms with E-state index < -0.39 is 6.03 Å². The van der Waals surface area contributed by atoms with Crippen molar-refractivity contribution in [2.24, 2.45) is 39.4 Å². The fourth-order valence-corrected chi connectivity index (χ4v) is 6.86. The van der Waals surface area contributed by atoms with Crippen molar-refractivity contribution in [3.05, 3.63) is 22.8 Å². The number of primary amides is 1. The first-order valence-corrected chi connectivity index (χ1v) is 10.7. The van der Waals surface area contributed by atoms with Gasteiger partial charge in [0.25, 0.3) is 0 Å². The molecule has 4 nitrogen and oxygen atoms in total. The van der Waals surface area contributed by atoms with E-state index >= 15 is 0 Å². The van der Waals surface area contributed by atoms with Crippen molar-refractivity contribution >= 4 is 11.7 Å². The molecule has 4 aliphatic rings. The fourth-order valence-electron chi connectivity index (χ4n) is 6.86. The summed E-state index contributed by atoms with van der Waals surface area (Å²) in [5.41, 5.74) is 14.3.